The Morgan fingerprint density at radius 2 is 1.82 bits per heavy atom. The number of halogens is 2. The van der Waals surface area contributed by atoms with E-state index in [0.29, 0.717) is 5.41 Å². The Hall–Kier alpha value is -1.03. The molecule has 0 fully saturated rings. The molecule has 0 radical (unpaired) electrons. The maximum absolute atomic E-state index is 5.98. The summed E-state index contributed by atoms with van der Waals surface area (Å²) in [4.78, 5) is 0. The summed E-state index contributed by atoms with van der Waals surface area (Å²) in [6, 6.07) is 10.1. The van der Waals surface area contributed by atoms with Crippen LogP contribution >= 0.6 is 24.0 Å². The number of nitrogens with zero attached hydrogens (tertiary/aromatic N) is 2. The lowest BCUT2D eigenvalue weighted by atomic mass is 9.92. The molecule has 2 aromatic rings. The molecule has 1 heterocycles. The van der Waals surface area contributed by atoms with E-state index in [9.17, 15) is 0 Å². The molecule has 0 unspecified atom stereocenters. The standard InChI is InChI=1S/C17H24ClN3.ClH/c1-17(2,3)9-10-21-16(11-15(20-21)12-19-4)13-5-7-14(18)8-6-13;/h5-8,11,19H,9-10,12H2,1-4H3;1H. The molecule has 22 heavy (non-hydrogen) atoms. The molecule has 122 valence electrons. The van der Waals surface area contributed by atoms with Gasteiger partial charge in [-0.2, -0.15) is 5.10 Å². The number of hydrogen-bond acceptors (Lipinski definition) is 2. The lowest BCUT2D eigenvalue weighted by Crippen LogP contribution is -2.13. The third-order valence-electron chi connectivity index (χ3n) is 3.40. The summed E-state index contributed by atoms with van der Waals surface area (Å²) >= 11 is 5.98. The fourth-order valence-electron chi connectivity index (χ4n) is 2.20. The molecule has 0 atom stereocenters. The van der Waals surface area contributed by atoms with Crippen LogP contribution in [0, 0.1) is 5.41 Å². The van der Waals surface area contributed by atoms with Gasteiger partial charge in [-0.05, 0) is 42.6 Å². The molecule has 0 saturated carbocycles. The summed E-state index contributed by atoms with van der Waals surface area (Å²) < 4.78 is 2.11. The molecule has 0 bridgehead atoms. The van der Waals surface area contributed by atoms with Crippen LogP contribution in [0.1, 0.15) is 32.9 Å². The Morgan fingerprint density at radius 1 is 1.18 bits per heavy atom. The Balaban J connectivity index is 0.00000242. The Labute approximate surface area is 144 Å². The fraction of sp³-hybridized carbons (Fsp3) is 0.471. The van der Waals surface area contributed by atoms with Gasteiger partial charge in [0, 0.05) is 18.1 Å². The monoisotopic (exact) mass is 341 g/mol. The molecule has 5 heteroatoms. The highest BCUT2D eigenvalue weighted by molar-refractivity contribution is 6.30. The third kappa shape index (κ3) is 5.31. The van der Waals surface area contributed by atoms with Gasteiger partial charge >= 0.3 is 0 Å². The van der Waals surface area contributed by atoms with E-state index in [1.807, 2.05) is 19.2 Å². The number of aromatic nitrogens is 2. The predicted molar refractivity (Wildman–Crippen MR) is 96.8 cm³/mol. The maximum atomic E-state index is 5.98. The molecule has 3 nitrogen and oxygen atoms in total. The Bertz CT molecular complexity index is 583. The van der Waals surface area contributed by atoms with Crippen LogP contribution in [0.4, 0.5) is 0 Å². The zero-order valence-electron chi connectivity index (χ0n) is 13.7. The largest absolute Gasteiger partial charge is 0.314 e. The molecule has 0 saturated heterocycles. The van der Waals surface area contributed by atoms with Crippen LogP contribution in [0.15, 0.2) is 30.3 Å². The smallest absolute Gasteiger partial charge is 0.0768 e. The van der Waals surface area contributed by atoms with E-state index in [-0.39, 0.29) is 12.4 Å². The summed E-state index contributed by atoms with van der Waals surface area (Å²) in [7, 11) is 1.94. The van der Waals surface area contributed by atoms with Crippen LogP contribution in [0.3, 0.4) is 0 Å². The number of aryl methyl sites for hydroxylation is 1. The predicted octanol–water partition coefficient (Wildman–Crippen LogP) is 4.78. The average molecular weight is 342 g/mol. The van der Waals surface area contributed by atoms with E-state index in [0.717, 1.165) is 41.5 Å². The van der Waals surface area contributed by atoms with Gasteiger partial charge in [0.1, 0.15) is 0 Å². The van der Waals surface area contributed by atoms with Crippen LogP contribution in [0.2, 0.25) is 5.02 Å². The van der Waals surface area contributed by atoms with Gasteiger partial charge in [0.05, 0.1) is 11.4 Å². The maximum Gasteiger partial charge on any atom is 0.0768 e. The average Bonchev–Trinajstić information content (AvgIpc) is 2.80. The summed E-state index contributed by atoms with van der Waals surface area (Å²) in [5, 5.41) is 8.64. The summed E-state index contributed by atoms with van der Waals surface area (Å²) in [5.41, 5.74) is 3.67. The van der Waals surface area contributed by atoms with Crippen LogP contribution in [-0.4, -0.2) is 16.8 Å². The van der Waals surface area contributed by atoms with E-state index in [4.69, 9.17) is 16.7 Å². The lowest BCUT2D eigenvalue weighted by molar-refractivity contribution is 0.341. The van der Waals surface area contributed by atoms with Crippen LogP contribution in [0.5, 0.6) is 0 Å². The summed E-state index contributed by atoms with van der Waals surface area (Å²) in [5.74, 6) is 0. The second-order valence-corrected chi connectivity index (χ2v) is 7.03. The molecule has 0 aliphatic heterocycles. The van der Waals surface area contributed by atoms with Gasteiger partial charge in [-0.25, -0.2) is 0 Å². The fourth-order valence-corrected chi connectivity index (χ4v) is 2.33. The zero-order valence-corrected chi connectivity index (χ0v) is 15.3. The Kier molecular flexibility index (Phi) is 6.92. The quantitative estimate of drug-likeness (QED) is 0.847. The second kappa shape index (κ2) is 8.00. The van der Waals surface area contributed by atoms with Gasteiger partial charge in [0.25, 0.3) is 0 Å². The normalized spacial score (nSPS) is 11.3. The summed E-state index contributed by atoms with van der Waals surface area (Å²) in [6.45, 7) is 8.47. The zero-order chi connectivity index (χ0) is 15.5. The van der Waals surface area contributed by atoms with Gasteiger partial charge in [-0.1, -0.05) is 44.5 Å². The number of benzene rings is 1. The van der Waals surface area contributed by atoms with Crippen molar-refractivity contribution < 1.29 is 0 Å². The number of hydrogen-bond donors (Lipinski definition) is 1. The first kappa shape index (κ1) is 19.0. The SMILES string of the molecule is CNCc1cc(-c2ccc(Cl)cc2)n(CCC(C)(C)C)n1.Cl. The van der Waals surface area contributed by atoms with Gasteiger partial charge < -0.3 is 5.32 Å². The van der Waals surface area contributed by atoms with Crippen LogP contribution in [-0.2, 0) is 13.1 Å². The first-order valence-corrected chi connectivity index (χ1v) is 7.74. The summed E-state index contributed by atoms with van der Waals surface area (Å²) in [6.07, 6.45) is 1.09. The molecule has 0 amide bonds. The molecular weight excluding hydrogens is 317 g/mol. The molecule has 0 aliphatic carbocycles. The minimum absolute atomic E-state index is 0. The molecule has 2 rings (SSSR count). The highest BCUT2D eigenvalue weighted by atomic mass is 35.5. The van der Waals surface area contributed by atoms with Crippen molar-refractivity contribution in [2.75, 3.05) is 7.05 Å². The van der Waals surface area contributed by atoms with Gasteiger partial charge in [-0.3, -0.25) is 4.68 Å². The lowest BCUT2D eigenvalue weighted by Gasteiger charge is -2.18. The van der Waals surface area contributed by atoms with Crippen LogP contribution < -0.4 is 5.32 Å². The molecular formula is C17H25Cl2N3. The topological polar surface area (TPSA) is 29.9 Å². The van der Waals surface area contributed by atoms with Gasteiger partial charge in [0.2, 0.25) is 0 Å². The van der Waals surface area contributed by atoms with Crippen molar-refractivity contribution in [3.8, 4) is 11.3 Å². The van der Waals surface area contributed by atoms with Crippen molar-refractivity contribution in [1.29, 1.82) is 0 Å². The number of rotatable bonds is 5. The van der Waals surface area contributed by atoms with E-state index in [1.54, 1.807) is 0 Å². The molecule has 1 N–H and O–H groups in total. The third-order valence-corrected chi connectivity index (χ3v) is 3.65. The minimum atomic E-state index is 0. The van der Waals surface area contributed by atoms with Gasteiger partial charge in [-0.15, -0.1) is 12.4 Å². The van der Waals surface area contributed by atoms with Gasteiger partial charge in [0.15, 0.2) is 0 Å². The minimum Gasteiger partial charge on any atom is -0.314 e. The van der Waals surface area contributed by atoms with Crippen molar-refractivity contribution in [2.45, 2.75) is 40.3 Å². The molecule has 1 aromatic heterocycles. The first-order chi connectivity index (χ1) is 9.89. The van der Waals surface area contributed by atoms with E-state index < -0.39 is 0 Å². The first-order valence-electron chi connectivity index (χ1n) is 7.36. The van der Waals surface area contributed by atoms with Crippen molar-refractivity contribution in [3.05, 3.63) is 41.0 Å². The van der Waals surface area contributed by atoms with Crippen molar-refractivity contribution in [3.63, 3.8) is 0 Å². The van der Waals surface area contributed by atoms with Crippen molar-refractivity contribution in [2.24, 2.45) is 5.41 Å². The molecule has 0 aliphatic rings. The van der Waals surface area contributed by atoms with E-state index in [2.05, 4.69) is 49.0 Å². The van der Waals surface area contributed by atoms with Crippen molar-refractivity contribution >= 4 is 24.0 Å². The van der Waals surface area contributed by atoms with E-state index in [1.165, 1.54) is 0 Å². The van der Waals surface area contributed by atoms with Crippen molar-refractivity contribution in [1.82, 2.24) is 15.1 Å². The highest BCUT2D eigenvalue weighted by Crippen LogP contribution is 2.25. The molecule has 0 spiro atoms. The molecule has 1 aromatic carbocycles. The van der Waals surface area contributed by atoms with Crippen LogP contribution in [0.25, 0.3) is 11.3 Å². The van der Waals surface area contributed by atoms with E-state index >= 15 is 0 Å². The highest BCUT2D eigenvalue weighted by Gasteiger charge is 2.14. The second-order valence-electron chi connectivity index (χ2n) is 6.59. The Morgan fingerprint density at radius 3 is 2.36 bits per heavy atom. The number of nitrogens with one attached hydrogen (secondary N) is 1.